The van der Waals surface area contributed by atoms with Crippen LogP contribution in [0.5, 0.6) is 0 Å². The Labute approximate surface area is 112 Å². The third-order valence-electron chi connectivity index (χ3n) is 2.76. The standard InChI is InChI=1S/C15H16N2O2/c1-10-6-8-12(9-7-10)14(18)15(19)17-13-5-3-4-11(2)16-13/h3-9,15,19H,1-2H3,(H,16,17). The zero-order valence-electron chi connectivity index (χ0n) is 10.9. The lowest BCUT2D eigenvalue weighted by atomic mass is 10.1. The number of aliphatic hydroxyl groups is 1. The van der Waals surface area contributed by atoms with Gasteiger partial charge in [-0.1, -0.05) is 35.9 Å². The molecule has 1 atom stereocenters. The normalized spacial score (nSPS) is 11.9. The fourth-order valence-corrected chi connectivity index (χ4v) is 1.70. The number of aryl methyl sites for hydroxylation is 2. The van der Waals surface area contributed by atoms with Crippen LogP contribution in [0.4, 0.5) is 5.82 Å². The van der Waals surface area contributed by atoms with Crippen LogP contribution in [0.15, 0.2) is 42.5 Å². The molecule has 0 aliphatic heterocycles. The molecule has 0 saturated heterocycles. The molecular formula is C15H16N2O2. The van der Waals surface area contributed by atoms with Crippen molar-refractivity contribution in [3.63, 3.8) is 0 Å². The molecule has 1 aromatic carbocycles. The van der Waals surface area contributed by atoms with E-state index in [4.69, 9.17) is 0 Å². The Morgan fingerprint density at radius 3 is 2.47 bits per heavy atom. The maximum atomic E-state index is 12.0. The monoisotopic (exact) mass is 256 g/mol. The number of hydrogen-bond acceptors (Lipinski definition) is 4. The molecule has 1 unspecified atom stereocenters. The molecule has 0 saturated carbocycles. The Balaban J connectivity index is 2.09. The number of rotatable bonds is 4. The number of benzene rings is 1. The van der Waals surface area contributed by atoms with E-state index in [0.717, 1.165) is 11.3 Å². The second kappa shape index (κ2) is 5.63. The van der Waals surface area contributed by atoms with Gasteiger partial charge in [-0.2, -0.15) is 0 Å². The van der Waals surface area contributed by atoms with Crippen molar-refractivity contribution in [2.45, 2.75) is 20.1 Å². The molecule has 2 N–H and O–H groups in total. The summed E-state index contributed by atoms with van der Waals surface area (Å²) < 4.78 is 0. The summed E-state index contributed by atoms with van der Waals surface area (Å²) in [5.74, 6) is 0.108. The van der Waals surface area contributed by atoms with Crippen molar-refractivity contribution in [2.75, 3.05) is 5.32 Å². The number of ketones is 1. The highest BCUT2D eigenvalue weighted by Gasteiger charge is 2.17. The maximum Gasteiger partial charge on any atom is 0.211 e. The zero-order chi connectivity index (χ0) is 13.8. The Morgan fingerprint density at radius 1 is 1.16 bits per heavy atom. The van der Waals surface area contributed by atoms with E-state index in [2.05, 4.69) is 10.3 Å². The van der Waals surface area contributed by atoms with Gasteiger partial charge in [-0.3, -0.25) is 4.79 Å². The molecular weight excluding hydrogens is 240 g/mol. The molecule has 1 heterocycles. The van der Waals surface area contributed by atoms with Crippen molar-refractivity contribution < 1.29 is 9.90 Å². The van der Waals surface area contributed by atoms with Crippen LogP contribution >= 0.6 is 0 Å². The molecule has 4 heteroatoms. The quantitative estimate of drug-likeness (QED) is 0.651. The van der Waals surface area contributed by atoms with Crippen LogP contribution in [0.3, 0.4) is 0 Å². The lowest BCUT2D eigenvalue weighted by molar-refractivity contribution is 0.0793. The minimum absolute atomic E-state index is 0.372. The van der Waals surface area contributed by atoms with Crippen molar-refractivity contribution >= 4 is 11.6 Å². The van der Waals surface area contributed by atoms with E-state index >= 15 is 0 Å². The first-order chi connectivity index (χ1) is 9.06. The van der Waals surface area contributed by atoms with Gasteiger partial charge in [0.05, 0.1) is 0 Å². The van der Waals surface area contributed by atoms with Crippen LogP contribution in [0.2, 0.25) is 0 Å². The number of pyridine rings is 1. The number of anilines is 1. The van der Waals surface area contributed by atoms with Gasteiger partial charge in [-0.15, -0.1) is 0 Å². The third kappa shape index (κ3) is 3.39. The van der Waals surface area contributed by atoms with E-state index in [9.17, 15) is 9.90 Å². The predicted molar refractivity (Wildman–Crippen MR) is 74.1 cm³/mol. The van der Waals surface area contributed by atoms with E-state index in [1.807, 2.05) is 38.1 Å². The van der Waals surface area contributed by atoms with Crippen molar-refractivity contribution in [2.24, 2.45) is 0 Å². The molecule has 2 rings (SSSR count). The van der Waals surface area contributed by atoms with Gasteiger partial charge in [-0.05, 0) is 26.0 Å². The number of nitrogens with zero attached hydrogens (tertiary/aromatic N) is 1. The van der Waals surface area contributed by atoms with Crippen molar-refractivity contribution in [3.8, 4) is 0 Å². The van der Waals surface area contributed by atoms with Crippen LogP contribution in [0.25, 0.3) is 0 Å². The minimum atomic E-state index is -1.29. The van der Waals surface area contributed by atoms with Gasteiger partial charge in [0.25, 0.3) is 0 Å². The topological polar surface area (TPSA) is 62.2 Å². The number of nitrogens with one attached hydrogen (secondary N) is 1. The molecule has 2 aromatic rings. The van der Waals surface area contributed by atoms with Gasteiger partial charge in [-0.25, -0.2) is 4.98 Å². The van der Waals surface area contributed by atoms with E-state index in [-0.39, 0.29) is 5.78 Å². The van der Waals surface area contributed by atoms with Gasteiger partial charge in [0.1, 0.15) is 5.82 Å². The molecule has 0 radical (unpaired) electrons. The number of Topliss-reactive ketones (excluding diaryl/α,β-unsaturated/α-hetero) is 1. The highest BCUT2D eigenvalue weighted by molar-refractivity contribution is 6.00. The maximum absolute atomic E-state index is 12.0. The zero-order valence-corrected chi connectivity index (χ0v) is 10.9. The summed E-state index contributed by atoms with van der Waals surface area (Å²) in [5.41, 5.74) is 2.36. The Bertz CT molecular complexity index is 579. The molecule has 19 heavy (non-hydrogen) atoms. The van der Waals surface area contributed by atoms with Crippen LogP contribution < -0.4 is 5.32 Å². The summed E-state index contributed by atoms with van der Waals surface area (Å²) in [7, 11) is 0. The van der Waals surface area contributed by atoms with Crippen LogP contribution in [0, 0.1) is 13.8 Å². The van der Waals surface area contributed by atoms with Crippen LogP contribution in [-0.2, 0) is 0 Å². The first-order valence-corrected chi connectivity index (χ1v) is 6.05. The van der Waals surface area contributed by atoms with Gasteiger partial charge in [0, 0.05) is 11.3 Å². The molecule has 0 spiro atoms. The molecule has 0 fully saturated rings. The van der Waals surface area contributed by atoms with Gasteiger partial charge < -0.3 is 10.4 Å². The average molecular weight is 256 g/mol. The summed E-state index contributed by atoms with van der Waals surface area (Å²) in [6, 6.07) is 12.4. The second-order valence-corrected chi connectivity index (χ2v) is 4.44. The SMILES string of the molecule is Cc1ccc(C(=O)C(O)Nc2cccc(C)n2)cc1. The Kier molecular flexibility index (Phi) is 3.92. The molecule has 0 amide bonds. The highest BCUT2D eigenvalue weighted by Crippen LogP contribution is 2.10. The Hall–Kier alpha value is -2.20. The van der Waals surface area contributed by atoms with Crippen molar-refractivity contribution in [3.05, 3.63) is 59.3 Å². The molecule has 1 aromatic heterocycles. The lowest BCUT2D eigenvalue weighted by Crippen LogP contribution is -2.29. The van der Waals surface area contributed by atoms with Gasteiger partial charge in [0.2, 0.25) is 5.78 Å². The van der Waals surface area contributed by atoms with E-state index in [0.29, 0.717) is 11.4 Å². The summed E-state index contributed by atoms with van der Waals surface area (Å²) in [5, 5.41) is 12.6. The van der Waals surface area contributed by atoms with Crippen LogP contribution in [-0.4, -0.2) is 22.1 Å². The van der Waals surface area contributed by atoms with Gasteiger partial charge >= 0.3 is 0 Å². The summed E-state index contributed by atoms with van der Waals surface area (Å²) in [6.45, 7) is 3.79. The number of carbonyl (C=O) groups is 1. The average Bonchev–Trinajstić information content (AvgIpc) is 2.39. The smallest absolute Gasteiger partial charge is 0.211 e. The molecule has 0 bridgehead atoms. The molecule has 4 nitrogen and oxygen atoms in total. The lowest BCUT2D eigenvalue weighted by Gasteiger charge is -2.12. The molecule has 0 aliphatic rings. The predicted octanol–water partition coefficient (Wildman–Crippen LogP) is 2.31. The largest absolute Gasteiger partial charge is 0.367 e. The fraction of sp³-hybridized carbons (Fsp3) is 0.200. The summed E-state index contributed by atoms with van der Waals surface area (Å²) in [6.07, 6.45) is -1.29. The van der Waals surface area contributed by atoms with E-state index in [1.54, 1.807) is 18.2 Å². The second-order valence-electron chi connectivity index (χ2n) is 4.44. The number of carbonyl (C=O) groups excluding carboxylic acids is 1. The highest BCUT2D eigenvalue weighted by atomic mass is 16.3. The number of hydrogen-bond donors (Lipinski definition) is 2. The molecule has 0 aliphatic carbocycles. The van der Waals surface area contributed by atoms with Gasteiger partial charge in [0.15, 0.2) is 6.23 Å². The molecule has 98 valence electrons. The van der Waals surface area contributed by atoms with Crippen LogP contribution in [0.1, 0.15) is 21.6 Å². The number of aliphatic hydroxyl groups excluding tert-OH is 1. The number of aromatic nitrogens is 1. The first-order valence-electron chi connectivity index (χ1n) is 6.05. The van der Waals surface area contributed by atoms with E-state index in [1.165, 1.54) is 0 Å². The Morgan fingerprint density at radius 2 is 1.84 bits per heavy atom. The minimum Gasteiger partial charge on any atom is -0.367 e. The first kappa shape index (κ1) is 13.2. The summed E-state index contributed by atoms with van der Waals surface area (Å²) in [4.78, 5) is 16.2. The fourth-order valence-electron chi connectivity index (χ4n) is 1.70. The van der Waals surface area contributed by atoms with Crippen molar-refractivity contribution in [1.82, 2.24) is 4.98 Å². The third-order valence-corrected chi connectivity index (χ3v) is 2.76. The van der Waals surface area contributed by atoms with Crippen molar-refractivity contribution in [1.29, 1.82) is 0 Å². The summed E-state index contributed by atoms with van der Waals surface area (Å²) >= 11 is 0. The van der Waals surface area contributed by atoms with E-state index < -0.39 is 6.23 Å².